The van der Waals surface area contributed by atoms with Crippen LogP contribution in [0, 0.1) is 0 Å². The van der Waals surface area contributed by atoms with Crippen LogP contribution in [0.3, 0.4) is 0 Å². The standard InChI is InChI=1S/C13H20N2O4S2/c1-20(16,17)11-4-5-12(13(10-11)21(2,18)19)15-8-3-6-14-7-9-15/h4-5,10,14H,3,6-9H2,1-2H3. The molecule has 0 aromatic heterocycles. The van der Waals surface area contributed by atoms with Gasteiger partial charge in [0.25, 0.3) is 0 Å². The van der Waals surface area contributed by atoms with Crippen LogP contribution in [-0.2, 0) is 19.7 Å². The topological polar surface area (TPSA) is 83.6 Å². The molecule has 0 atom stereocenters. The Kier molecular flexibility index (Phi) is 4.60. The zero-order chi connectivity index (χ0) is 15.7. The van der Waals surface area contributed by atoms with Gasteiger partial charge < -0.3 is 10.2 Å². The van der Waals surface area contributed by atoms with Gasteiger partial charge in [-0.1, -0.05) is 0 Å². The summed E-state index contributed by atoms with van der Waals surface area (Å²) >= 11 is 0. The van der Waals surface area contributed by atoms with E-state index in [1.807, 2.05) is 4.90 Å². The van der Waals surface area contributed by atoms with E-state index in [0.717, 1.165) is 38.6 Å². The zero-order valence-corrected chi connectivity index (χ0v) is 13.8. The quantitative estimate of drug-likeness (QED) is 0.857. The van der Waals surface area contributed by atoms with E-state index in [2.05, 4.69) is 5.32 Å². The first-order valence-corrected chi connectivity index (χ1v) is 10.5. The van der Waals surface area contributed by atoms with E-state index in [0.29, 0.717) is 12.2 Å². The molecule has 1 saturated heterocycles. The summed E-state index contributed by atoms with van der Waals surface area (Å²) in [4.78, 5) is 2.09. The fraction of sp³-hybridized carbons (Fsp3) is 0.538. The van der Waals surface area contributed by atoms with Gasteiger partial charge in [0.1, 0.15) is 0 Å². The summed E-state index contributed by atoms with van der Waals surface area (Å²) in [6, 6.07) is 4.33. The third-order valence-corrected chi connectivity index (χ3v) is 5.68. The Morgan fingerprint density at radius 1 is 1.00 bits per heavy atom. The van der Waals surface area contributed by atoms with Crippen LogP contribution in [0.4, 0.5) is 5.69 Å². The first kappa shape index (κ1) is 16.3. The maximum absolute atomic E-state index is 12.0. The van der Waals surface area contributed by atoms with E-state index < -0.39 is 19.7 Å². The summed E-state index contributed by atoms with van der Waals surface area (Å²) in [6.07, 6.45) is 3.09. The van der Waals surface area contributed by atoms with Gasteiger partial charge in [-0.05, 0) is 31.2 Å². The number of hydrogen-bond donors (Lipinski definition) is 1. The maximum Gasteiger partial charge on any atom is 0.177 e. The molecule has 1 aromatic rings. The molecule has 1 N–H and O–H groups in total. The SMILES string of the molecule is CS(=O)(=O)c1ccc(N2CCCNCC2)c(S(C)(=O)=O)c1. The van der Waals surface area contributed by atoms with E-state index in [1.54, 1.807) is 6.07 Å². The largest absolute Gasteiger partial charge is 0.369 e. The van der Waals surface area contributed by atoms with Crippen molar-refractivity contribution >= 4 is 25.4 Å². The highest BCUT2D eigenvalue weighted by atomic mass is 32.2. The summed E-state index contributed by atoms with van der Waals surface area (Å²) in [6.45, 7) is 3.11. The van der Waals surface area contributed by atoms with Crippen LogP contribution in [-0.4, -0.2) is 55.5 Å². The van der Waals surface area contributed by atoms with Crippen molar-refractivity contribution in [2.75, 3.05) is 43.6 Å². The van der Waals surface area contributed by atoms with Crippen molar-refractivity contribution in [1.82, 2.24) is 5.32 Å². The molecule has 8 heteroatoms. The highest BCUT2D eigenvalue weighted by molar-refractivity contribution is 7.91. The molecule has 0 aliphatic carbocycles. The van der Waals surface area contributed by atoms with Gasteiger partial charge in [0.05, 0.1) is 15.5 Å². The van der Waals surface area contributed by atoms with Gasteiger partial charge in [-0.25, -0.2) is 16.8 Å². The predicted octanol–water partition coefficient (Wildman–Crippen LogP) is 0.293. The first-order chi connectivity index (χ1) is 9.69. The highest BCUT2D eigenvalue weighted by Crippen LogP contribution is 2.28. The molecule has 0 spiro atoms. The molecule has 1 fully saturated rings. The summed E-state index contributed by atoms with van der Waals surface area (Å²) in [7, 11) is -6.94. The molecule has 0 unspecified atom stereocenters. The fourth-order valence-electron chi connectivity index (χ4n) is 2.37. The molecule has 1 aliphatic rings. The molecule has 0 saturated carbocycles. The van der Waals surface area contributed by atoms with Gasteiger partial charge in [-0.15, -0.1) is 0 Å². The summed E-state index contributed by atoms with van der Waals surface area (Å²) in [5.74, 6) is 0. The Labute approximate surface area is 126 Å². The number of nitrogens with one attached hydrogen (secondary N) is 1. The second-order valence-corrected chi connectivity index (χ2v) is 9.26. The molecule has 1 aliphatic heterocycles. The van der Waals surface area contributed by atoms with Crippen molar-refractivity contribution in [2.45, 2.75) is 16.2 Å². The monoisotopic (exact) mass is 332 g/mol. The van der Waals surface area contributed by atoms with E-state index in [-0.39, 0.29) is 9.79 Å². The van der Waals surface area contributed by atoms with Gasteiger partial charge in [0, 0.05) is 32.1 Å². The lowest BCUT2D eigenvalue weighted by atomic mass is 10.2. The Morgan fingerprint density at radius 2 is 1.71 bits per heavy atom. The third kappa shape index (κ3) is 3.96. The van der Waals surface area contributed by atoms with Crippen LogP contribution in [0.1, 0.15) is 6.42 Å². The number of anilines is 1. The van der Waals surface area contributed by atoms with Crippen molar-refractivity contribution in [2.24, 2.45) is 0 Å². The number of rotatable bonds is 3. The molecule has 0 radical (unpaired) electrons. The zero-order valence-electron chi connectivity index (χ0n) is 12.2. The van der Waals surface area contributed by atoms with Crippen molar-refractivity contribution in [3.63, 3.8) is 0 Å². The first-order valence-electron chi connectivity index (χ1n) is 6.69. The molecular weight excluding hydrogens is 312 g/mol. The Bertz CT molecular complexity index is 719. The lowest BCUT2D eigenvalue weighted by Gasteiger charge is -2.25. The lowest BCUT2D eigenvalue weighted by Crippen LogP contribution is -2.29. The Hall–Kier alpha value is -1.12. The molecule has 6 nitrogen and oxygen atoms in total. The minimum Gasteiger partial charge on any atom is -0.369 e. The molecule has 2 rings (SSSR count). The van der Waals surface area contributed by atoms with Crippen molar-refractivity contribution in [3.8, 4) is 0 Å². The molecule has 0 bridgehead atoms. The number of sulfone groups is 2. The Balaban J connectivity index is 2.55. The molecule has 1 aromatic carbocycles. The van der Waals surface area contributed by atoms with Gasteiger partial charge in [-0.2, -0.15) is 0 Å². The van der Waals surface area contributed by atoms with E-state index >= 15 is 0 Å². The van der Waals surface area contributed by atoms with Crippen molar-refractivity contribution in [3.05, 3.63) is 18.2 Å². The predicted molar refractivity (Wildman–Crippen MR) is 82.4 cm³/mol. The van der Waals surface area contributed by atoms with E-state index in [1.165, 1.54) is 12.1 Å². The number of benzene rings is 1. The van der Waals surface area contributed by atoms with Crippen LogP contribution in [0.5, 0.6) is 0 Å². The Morgan fingerprint density at radius 3 is 2.33 bits per heavy atom. The lowest BCUT2D eigenvalue weighted by molar-refractivity contribution is 0.599. The van der Waals surface area contributed by atoms with Crippen LogP contribution in [0.2, 0.25) is 0 Å². The average Bonchev–Trinajstić information content (AvgIpc) is 2.64. The van der Waals surface area contributed by atoms with Crippen LogP contribution >= 0.6 is 0 Å². The smallest absolute Gasteiger partial charge is 0.177 e. The maximum atomic E-state index is 12.0. The number of nitrogens with zero attached hydrogens (tertiary/aromatic N) is 1. The van der Waals surface area contributed by atoms with Crippen molar-refractivity contribution < 1.29 is 16.8 Å². The second kappa shape index (κ2) is 5.94. The fourth-order valence-corrected chi connectivity index (χ4v) is 4.01. The van der Waals surface area contributed by atoms with Gasteiger partial charge in [-0.3, -0.25) is 0 Å². The summed E-state index contributed by atoms with van der Waals surface area (Å²) < 4.78 is 47.3. The second-order valence-electron chi connectivity index (χ2n) is 5.26. The van der Waals surface area contributed by atoms with Gasteiger partial charge in [0.15, 0.2) is 19.7 Å². The molecule has 21 heavy (non-hydrogen) atoms. The van der Waals surface area contributed by atoms with Crippen molar-refractivity contribution in [1.29, 1.82) is 0 Å². The van der Waals surface area contributed by atoms with E-state index in [4.69, 9.17) is 0 Å². The highest BCUT2D eigenvalue weighted by Gasteiger charge is 2.21. The average molecular weight is 332 g/mol. The normalized spacial score (nSPS) is 17.5. The van der Waals surface area contributed by atoms with Gasteiger partial charge in [0.2, 0.25) is 0 Å². The van der Waals surface area contributed by atoms with E-state index in [9.17, 15) is 16.8 Å². The molecule has 0 amide bonds. The summed E-state index contributed by atoms with van der Waals surface area (Å²) in [5.41, 5.74) is 0.577. The van der Waals surface area contributed by atoms with Gasteiger partial charge >= 0.3 is 0 Å². The molecular formula is C13H20N2O4S2. The van der Waals surface area contributed by atoms with Crippen LogP contribution < -0.4 is 10.2 Å². The minimum absolute atomic E-state index is 0.0274. The van der Waals surface area contributed by atoms with Crippen LogP contribution in [0.25, 0.3) is 0 Å². The summed E-state index contributed by atoms with van der Waals surface area (Å²) in [5, 5.41) is 3.25. The van der Waals surface area contributed by atoms with Crippen LogP contribution in [0.15, 0.2) is 28.0 Å². The minimum atomic E-state index is -3.50. The third-order valence-electron chi connectivity index (χ3n) is 3.44. The molecule has 1 heterocycles. The number of hydrogen-bond acceptors (Lipinski definition) is 6. The molecule has 118 valence electrons.